The van der Waals surface area contributed by atoms with E-state index in [-0.39, 0.29) is 25.0 Å². The minimum atomic E-state index is -3.62. The van der Waals surface area contributed by atoms with Gasteiger partial charge in [-0.15, -0.1) is 0 Å². The molecule has 2 amide bonds. The molecule has 0 bridgehead atoms. The number of nitrogens with zero attached hydrogens (tertiary/aromatic N) is 2. The third-order valence-corrected chi connectivity index (χ3v) is 6.79. The van der Waals surface area contributed by atoms with Crippen LogP contribution in [0.1, 0.15) is 31.4 Å². The van der Waals surface area contributed by atoms with E-state index in [1.54, 1.807) is 0 Å². The van der Waals surface area contributed by atoms with E-state index >= 15 is 0 Å². The van der Waals surface area contributed by atoms with Gasteiger partial charge in [0.1, 0.15) is 11.9 Å². The molecule has 1 unspecified atom stereocenters. The predicted molar refractivity (Wildman–Crippen MR) is 137 cm³/mol. The van der Waals surface area contributed by atoms with Gasteiger partial charge in [0.15, 0.2) is 0 Å². The fourth-order valence-electron chi connectivity index (χ4n) is 3.46. The zero-order valence-electron chi connectivity index (χ0n) is 21.3. The Morgan fingerprint density at radius 3 is 2.25 bits per heavy atom. The minimum absolute atomic E-state index is 0.0120. The van der Waals surface area contributed by atoms with Crippen LogP contribution in [0.5, 0.6) is 0 Å². The van der Waals surface area contributed by atoms with Gasteiger partial charge in [-0.05, 0) is 43.5 Å². The third kappa shape index (κ3) is 10.0. The summed E-state index contributed by atoms with van der Waals surface area (Å²) in [5, 5.41) is 2.89. The number of ether oxygens (including phenoxy) is 1. The Kier molecular flexibility index (Phi) is 11.5. The fourth-order valence-corrected chi connectivity index (χ4v) is 3.80. The van der Waals surface area contributed by atoms with Gasteiger partial charge in [-0.25, -0.2) is 12.8 Å². The van der Waals surface area contributed by atoms with Crippen molar-refractivity contribution in [3.63, 3.8) is 0 Å². The number of likely N-dealkylation sites (N-methyl/N-ethyl adjacent to an activating group) is 1. The maximum absolute atomic E-state index is 13.5. The highest BCUT2D eigenvalue weighted by Crippen LogP contribution is 2.16. The molecule has 0 spiro atoms. The molecule has 8 nitrogen and oxygen atoms in total. The van der Waals surface area contributed by atoms with Crippen molar-refractivity contribution < 1.29 is 27.1 Å². The maximum Gasteiger partial charge on any atom is 0.243 e. The van der Waals surface area contributed by atoms with Crippen molar-refractivity contribution in [2.24, 2.45) is 0 Å². The Hall–Kier alpha value is -2.82. The second kappa shape index (κ2) is 14.1. The number of nitrogens with one attached hydrogen (secondary N) is 1. The van der Waals surface area contributed by atoms with Crippen molar-refractivity contribution >= 4 is 21.8 Å². The van der Waals surface area contributed by atoms with Gasteiger partial charge in [-0.1, -0.05) is 42.5 Å². The van der Waals surface area contributed by atoms with Crippen LogP contribution < -0.4 is 5.32 Å². The number of benzene rings is 2. The molecule has 1 atom stereocenters. The van der Waals surface area contributed by atoms with Gasteiger partial charge in [0, 0.05) is 33.2 Å². The lowest BCUT2D eigenvalue weighted by Gasteiger charge is -2.32. The lowest BCUT2D eigenvalue weighted by molar-refractivity contribution is -0.141. The molecular weight excluding hydrogens is 485 g/mol. The molecule has 2 aromatic rings. The number of hydrogen-bond donors (Lipinski definition) is 1. The molecule has 0 fully saturated rings. The van der Waals surface area contributed by atoms with Gasteiger partial charge in [-0.3, -0.25) is 9.59 Å². The molecule has 0 heterocycles. The summed E-state index contributed by atoms with van der Waals surface area (Å²) in [5.41, 5.74) is 1.46. The Bertz CT molecular complexity index is 1080. The summed E-state index contributed by atoms with van der Waals surface area (Å²) in [6, 6.07) is 14.0. The summed E-state index contributed by atoms with van der Waals surface area (Å²) in [6.07, 6.45) is 1.93. The average Bonchev–Trinajstić information content (AvgIpc) is 2.82. The van der Waals surface area contributed by atoms with Crippen LogP contribution in [0.25, 0.3) is 0 Å². The van der Waals surface area contributed by atoms with Crippen molar-refractivity contribution in [1.82, 2.24) is 14.5 Å². The first kappa shape index (κ1) is 29.4. The van der Waals surface area contributed by atoms with Crippen LogP contribution >= 0.6 is 0 Å². The van der Waals surface area contributed by atoms with E-state index in [4.69, 9.17) is 4.74 Å². The standard InChI is InChI=1S/C26H36FN3O5S/c1-20(2)35-16-8-15-28-26(32)24(17-21-9-6-5-7-10-21)30(18-22-11-13-23(27)14-12-22)25(31)19-29(3)36(4,33)34/h5-7,9-14,20,24H,8,15-19H2,1-4H3,(H,28,32). The number of carbonyl (C=O) groups is 2. The van der Waals surface area contributed by atoms with Crippen molar-refractivity contribution in [3.05, 3.63) is 71.5 Å². The summed E-state index contributed by atoms with van der Waals surface area (Å²) in [5.74, 6) is -1.32. The molecule has 0 aliphatic carbocycles. The summed E-state index contributed by atoms with van der Waals surface area (Å²) < 4.78 is 43.8. The first-order valence-corrected chi connectivity index (χ1v) is 13.7. The number of halogens is 1. The molecule has 0 radical (unpaired) electrons. The molecule has 2 rings (SSSR count). The number of hydrogen-bond acceptors (Lipinski definition) is 5. The van der Waals surface area contributed by atoms with Crippen LogP contribution in [0.3, 0.4) is 0 Å². The Morgan fingerprint density at radius 2 is 1.67 bits per heavy atom. The summed E-state index contributed by atoms with van der Waals surface area (Å²) >= 11 is 0. The topological polar surface area (TPSA) is 96.0 Å². The van der Waals surface area contributed by atoms with Crippen molar-refractivity contribution in [2.75, 3.05) is 33.0 Å². The summed E-state index contributed by atoms with van der Waals surface area (Å²) in [6.45, 7) is 4.29. The highest BCUT2D eigenvalue weighted by Gasteiger charge is 2.31. The smallest absolute Gasteiger partial charge is 0.243 e. The second-order valence-electron chi connectivity index (χ2n) is 8.94. The van der Waals surface area contributed by atoms with E-state index in [0.717, 1.165) is 16.1 Å². The van der Waals surface area contributed by atoms with E-state index in [9.17, 15) is 22.4 Å². The lowest BCUT2D eigenvalue weighted by atomic mass is 10.0. The van der Waals surface area contributed by atoms with Crippen molar-refractivity contribution in [2.45, 2.75) is 45.4 Å². The van der Waals surface area contributed by atoms with Gasteiger partial charge < -0.3 is 15.0 Å². The van der Waals surface area contributed by atoms with Crippen molar-refractivity contribution in [3.8, 4) is 0 Å². The monoisotopic (exact) mass is 521 g/mol. The molecule has 0 aliphatic heterocycles. The highest BCUT2D eigenvalue weighted by atomic mass is 32.2. The Balaban J connectivity index is 2.33. The Labute approximate surface area is 213 Å². The van der Waals surface area contributed by atoms with E-state index in [0.29, 0.717) is 25.1 Å². The largest absolute Gasteiger partial charge is 0.379 e. The van der Waals surface area contributed by atoms with Crippen LogP contribution in [-0.4, -0.2) is 74.6 Å². The average molecular weight is 522 g/mol. The van der Waals surface area contributed by atoms with Crippen LogP contribution in [0.2, 0.25) is 0 Å². The van der Waals surface area contributed by atoms with Crippen LogP contribution in [-0.2, 0) is 37.3 Å². The first-order valence-electron chi connectivity index (χ1n) is 11.9. The number of rotatable bonds is 14. The van der Waals surface area contributed by atoms with E-state index in [2.05, 4.69) is 5.32 Å². The minimum Gasteiger partial charge on any atom is -0.379 e. The number of carbonyl (C=O) groups excluding carboxylic acids is 2. The second-order valence-corrected chi connectivity index (χ2v) is 11.0. The number of amides is 2. The fraction of sp³-hybridized carbons (Fsp3) is 0.462. The molecule has 10 heteroatoms. The summed E-state index contributed by atoms with van der Waals surface area (Å²) in [4.78, 5) is 28.1. The van der Waals surface area contributed by atoms with Crippen molar-refractivity contribution in [1.29, 1.82) is 0 Å². The highest BCUT2D eigenvalue weighted by molar-refractivity contribution is 7.88. The van der Waals surface area contributed by atoms with Crippen LogP contribution in [0.15, 0.2) is 54.6 Å². The molecular formula is C26H36FN3O5S. The Morgan fingerprint density at radius 1 is 1.03 bits per heavy atom. The van der Waals surface area contributed by atoms with E-state index < -0.39 is 34.3 Å². The molecule has 1 N–H and O–H groups in total. The maximum atomic E-state index is 13.5. The van der Waals surface area contributed by atoms with Gasteiger partial charge in [0.2, 0.25) is 21.8 Å². The zero-order chi connectivity index (χ0) is 26.7. The zero-order valence-corrected chi connectivity index (χ0v) is 22.1. The number of sulfonamides is 1. The van der Waals surface area contributed by atoms with E-state index in [1.165, 1.54) is 36.2 Å². The first-order chi connectivity index (χ1) is 17.0. The third-order valence-electron chi connectivity index (χ3n) is 5.53. The normalized spacial score (nSPS) is 12.5. The molecule has 36 heavy (non-hydrogen) atoms. The quantitative estimate of drug-likeness (QED) is 0.386. The summed E-state index contributed by atoms with van der Waals surface area (Å²) in [7, 11) is -2.31. The molecule has 0 saturated heterocycles. The lowest BCUT2D eigenvalue weighted by Crippen LogP contribution is -2.53. The molecule has 198 valence electrons. The van der Waals surface area contributed by atoms with Crippen LogP contribution in [0.4, 0.5) is 4.39 Å². The SMILES string of the molecule is CC(C)OCCCNC(=O)C(Cc1ccccc1)N(Cc1ccc(F)cc1)C(=O)CN(C)S(C)(=O)=O. The van der Waals surface area contributed by atoms with E-state index in [1.807, 2.05) is 44.2 Å². The predicted octanol–water partition coefficient (Wildman–Crippen LogP) is 2.59. The molecule has 0 aliphatic rings. The molecule has 0 aromatic heterocycles. The van der Waals surface area contributed by atoms with Gasteiger partial charge in [0.25, 0.3) is 0 Å². The van der Waals surface area contributed by atoms with Gasteiger partial charge in [0.05, 0.1) is 18.9 Å². The molecule has 2 aromatic carbocycles. The van der Waals surface area contributed by atoms with Gasteiger partial charge >= 0.3 is 0 Å². The molecule has 0 saturated carbocycles. The van der Waals surface area contributed by atoms with Crippen LogP contribution in [0, 0.1) is 5.82 Å². The van der Waals surface area contributed by atoms with Gasteiger partial charge in [-0.2, -0.15) is 4.31 Å².